The number of nitrogens with one attached hydrogen (secondary N) is 1. The van der Waals surface area contributed by atoms with Gasteiger partial charge in [-0.25, -0.2) is 0 Å². The van der Waals surface area contributed by atoms with Gasteiger partial charge in [-0.15, -0.1) is 0 Å². The molecular formula is C12H22N2O. The third-order valence-corrected chi connectivity index (χ3v) is 3.34. The Morgan fingerprint density at radius 3 is 2.73 bits per heavy atom. The molecule has 1 N–H and O–H groups in total. The van der Waals surface area contributed by atoms with E-state index in [-0.39, 0.29) is 6.04 Å². The van der Waals surface area contributed by atoms with Crippen molar-refractivity contribution in [2.24, 2.45) is 5.92 Å². The van der Waals surface area contributed by atoms with Gasteiger partial charge >= 0.3 is 0 Å². The number of hydrogen-bond acceptors (Lipinski definition) is 2. The Bertz CT molecular complexity index is 236. The van der Waals surface area contributed by atoms with Gasteiger partial charge in [0.1, 0.15) is 0 Å². The van der Waals surface area contributed by atoms with Gasteiger partial charge in [-0.1, -0.05) is 26.7 Å². The molecule has 0 aromatic heterocycles. The Hall–Kier alpha value is -0.570. The first kappa shape index (κ1) is 10.9. The molecule has 86 valence electrons. The van der Waals surface area contributed by atoms with Crippen LogP contribution >= 0.6 is 0 Å². The van der Waals surface area contributed by atoms with Crippen LogP contribution in [-0.4, -0.2) is 36.0 Å². The predicted molar refractivity (Wildman–Crippen MR) is 60.6 cm³/mol. The highest BCUT2D eigenvalue weighted by molar-refractivity contribution is 5.83. The molecule has 3 heteroatoms. The number of carbonyl (C=O) groups is 1. The maximum Gasteiger partial charge on any atom is 0.239 e. The first-order valence-electron chi connectivity index (χ1n) is 6.21. The topological polar surface area (TPSA) is 32.3 Å². The van der Waals surface area contributed by atoms with E-state index >= 15 is 0 Å². The van der Waals surface area contributed by atoms with Crippen LogP contribution < -0.4 is 5.32 Å². The molecule has 2 fully saturated rings. The molecule has 1 heterocycles. The van der Waals surface area contributed by atoms with Crippen LogP contribution in [0.3, 0.4) is 0 Å². The molecule has 1 saturated carbocycles. The lowest BCUT2D eigenvalue weighted by molar-refractivity contribution is -0.129. The number of amides is 1. The second kappa shape index (κ2) is 4.52. The number of rotatable bonds is 5. The zero-order valence-electron chi connectivity index (χ0n) is 9.83. The van der Waals surface area contributed by atoms with Crippen molar-refractivity contribution in [2.75, 3.05) is 13.1 Å². The van der Waals surface area contributed by atoms with Crippen molar-refractivity contribution < 1.29 is 4.79 Å². The van der Waals surface area contributed by atoms with E-state index in [2.05, 4.69) is 19.2 Å². The van der Waals surface area contributed by atoms with Crippen LogP contribution in [0.5, 0.6) is 0 Å². The summed E-state index contributed by atoms with van der Waals surface area (Å²) in [7, 11) is 0. The van der Waals surface area contributed by atoms with Gasteiger partial charge in [-0.05, 0) is 18.8 Å². The highest BCUT2D eigenvalue weighted by Gasteiger charge is 2.32. The van der Waals surface area contributed by atoms with E-state index in [0.29, 0.717) is 11.9 Å². The Morgan fingerprint density at radius 2 is 2.13 bits per heavy atom. The van der Waals surface area contributed by atoms with Crippen molar-refractivity contribution in [3.8, 4) is 0 Å². The third-order valence-electron chi connectivity index (χ3n) is 3.34. The minimum absolute atomic E-state index is 0.0872. The smallest absolute Gasteiger partial charge is 0.239 e. The molecule has 0 bridgehead atoms. The Labute approximate surface area is 92.2 Å². The molecule has 1 aliphatic carbocycles. The summed E-state index contributed by atoms with van der Waals surface area (Å²) in [6.45, 7) is 6.13. The van der Waals surface area contributed by atoms with Crippen molar-refractivity contribution in [2.45, 2.75) is 51.6 Å². The minimum atomic E-state index is 0.0872. The van der Waals surface area contributed by atoms with Crippen LogP contribution in [-0.2, 0) is 4.79 Å². The summed E-state index contributed by atoms with van der Waals surface area (Å²) in [5, 5.41) is 3.33. The molecule has 0 aromatic rings. The first-order chi connectivity index (χ1) is 7.16. The van der Waals surface area contributed by atoms with E-state index in [1.54, 1.807) is 0 Å². The van der Waals surface area contributed by atoms with Gasteiger partial charge in [0.15, 0.2) is 0 Å². The maximum absolute atomic E-state index is 11.9. The fraction of sp³-hybridized carbons (Fsp3) is 0.917. The molecule has 1 atom stereocenters. The SMILES string of the molecule is CC(C)NC1CCN(CCC2CC2)C1=O. The summed E-state index contributed by atoms with van der Waals surface area (Å²) >= 11 is 0. The van der Waals surface area contributed by atoms with Crippen LogP contribution in [0.15, 0.2) is 0 Å². The summed E-state index contributed by atoms with van der Waals surface area (Å²) in [4.78, 5) is 14.0. The van der Waals surface area contributed by atoms with Crippen molar-refractivity contribution in [3.05, 3.63) is 0 Å². The number of likely N-dealkylation sites (tertiary alicyclic amines) is 1. The largest absolute Gasteiger partial charge is 0.341 e. The second-order valence-electron chi connectivity index (χ2n) is 5.22. The van der Waals surface area contributed by atoms with Gasteiger partial charge in [-0.3, -0.25) is 4.79 Å². The molecule has 1 saturated heterocycles. The molecule has 0 radical (unpaired) electrons. The summed E-state index contributed by atoms with van der Waals surface area (Å²) in [5.41, 5.74) is 0. The molecule has 3 nitrogen and oxygen atoms in total. The van der Waals surface area contributed by atoms with E-state index in [1.165, 1.54) is 19.3 Å². The van der Waals surface area contributed by atoms with Crippen molar-refractivity contribution in [1.82, 2.24) is 10.2 Å². The number of carbonyl (C=O) groups excluding carboxylic acids is 1. The lowest BCUT2D eigenvalue weighted by atomic mass is 10.2. The van der Waals surface area contributed by atoms with Crippen LogP contribution in [0.4, 0.5) is 0 Å². The molecule has 15 heavy (non-hydrogen) atoms. The Kier molecular flexibility index (Phi) is 3.29. The van der Waals surface area contributed by atoms with Crippen LogP contribution in [0.2, 0.25) is 0 Å². The van der Waals surface area contributed by atoms with Gasteiger partial charge in [0.05, 0.1) is 6.04 Å². The van der Waals surface area contributed by atoms with Gasteiger partial charge in [0, 0.05) is 19.1 Å². The predicted octanol–water partition coefficient (Wildman–Crippen LogP) is 1.39. The standard InChI is InChI=1S/C12H22N2O/c1-9(2)13-11-6-8-14(12(11)15)7-5-10-3-4-10/h9-11,13H,3-8H2,1-2H3. The molecule has 1 unspecified atom stereocenters. The Morgan fingerprint density at radius 1 is 1.40 bits per heavy atom. The van der Waals surface area contributed by atoms with E-state index in [4.69, 9.17) is 0 Å². The van der Waals surface area contributed by atoms with Crippen molar-refractivity contribution >= 4 is 5.91 Å². The normalized spacial score (nSPS) is 26.7. The van der Waals surface area contributed by atoms with Gasteiger partial charge in [-0.2, -0.15) is 0 Å². The summed E-state index contributed by atoms with van der Waals surface area (Å²) in [6.07, 6.45) is 4.98. The number of nitrogens with zero attached hydrogens (tertiary/aromatic N) is 1. The fourth-order valence-corrected chi connectivity index (χ4v) is 2.26. The molecule has 0 spiro atoms. The first-order valence-corrected chi connectivity index (χ1v) is 6.21. The summed E-state index contributed by atoms with van der Waals surface area (Å²) < 4.78 is 0. The van der Waals surface area contributed by atoms with Crippen LogP contribution in [0, 0.1) is 5.92 Å². The van der Waals surface area contributed by atoms with Crippen LogP contribution in [0.25, 0.3) is 0 Å². The molecule has 2 aliphatic rings. The zero-order valence-corrected chi connectivity index (χ0v) is 9.83. The lowest BCUT2D eigenvalue weighted by Crippen LogP contribution is -2.41. The lowest BCUT2D eigenvalue weighted by Gasteiger charge is -2.18. The third kappa shape index (κ3) is 2.94. The van der Waals surface area contributed by atoms with Crippen molar-refractivity contribution in [1.29, 1.82) is 0 Å². The number of hydrogen-bond donors (Lipinski definition) is 1. The highest BCUT2D eigenvalue weighted by atomic mass is 16.2. The molecular weight excluding hydrogens is 188 g/mol. The molecule has 1 aliphatic heterocycles. The molecule has 2 rings (SSSR count). The average Bonchev–Trinajstić information content (AvgIpc) is 2.93. The summed E-state index contributed by atoms with van der Waals surface area (Å²) in [6, 6.07) is 0.492. The Balaban J connectivity index is 1.75. The average molecular weight is 210 g/mol. The van der Waals surface area contributed by atoms with E-state index in [1.807, 2.05) is 4.90 Å². The second-order valence-corrected chi connectivity index (χ2v) is 5.22. The van der Waals surface area contributed by atoms with Crippen molar-refractivity contribution in [3.63, 3.8) is 0 Å². The molecule has 1 amide bonds. The van der Waals surface area contributed by atoms with Gasteiger partial charge < -0.3 is 10.2 Å². The van der Waals surface area contributed by atoms with Gasteiger partial charge in [0.25, 0.3) is 0 Å². The fourth-order valence-electron chi connectivity index (χ4n) is 2.26. The zero-order chi connectivity index (χ0) is 10.8. The monoisotopic (exact) mass is 210 g/mol. The van der Waals surface area contributed by atoms with Crippen LogP contribution in [0.1, 0.15) is 39.5 Å². The van der Waals surface area contributed by atoms with E-state index in [9.17, 15) is 4.79 Å². The highest BCUT2D eigenvalue weighted by Crippen LogP contribution is 2.32. The minimum Gasteiger partial charge on any atom is -0.341 e. The van der Waals surface area contributed by atoms with Gasteiger partial charge in [0.2, 0.25) is 5.91 Å². The maximum atomic E-state index is 11.9. The molecule has 0 aromatic carbocycles. The quantitative estimate of drug-likeness (QED) is 0.743. The van der Waals surface area contributed by atoms with E-state index < -0.39 is 0 Å². The summed E-state index contributed by atoms with van der Waals surface area (Å²) in [5.74, 6) is 1.25. The van der Waals surface area contributed by atoms with E-state index in [0.717, 1.165) is 25.4 Å².